The molecule has 2 N–H and O–H groups in total. The van der Waals surface area contributed by atoms with Gasteiger partial charge in [-0.05, 0) is 30.5 Å². The molecule has 1 heterocycles. The van der Waals surface area contributed by atoms with Gasteiger partial charge in [0.1, 0.15) is 0 Å². The van der Waals surface area contributed by atoms with Gasteiger partial charge in [0.25, 0.3) is 0 Å². The summed E-state index contributed by atoms with van der Waals surface area (Å²) in [5.41, 5.74) is 1.69. The zero-order valence-corrected chi connectivity index (χ0v) is 11.7. The minimum atomic E-state index is -0.287. The van der Waals surface area contributed by atoms with Gasteiger partial charge in [-0.1, -0.05) is 18.2 Å². The molecule has 1 atom stereocenters. The highest BCUT2D eigenvalue weighted by atomic mass is 16.2. The van der Waals surface area contributed by atoms with Gasteiger partial charge in [-0.3, -0.25) is 19.7 Å². The molecule has 5 heteroatoms. The molecule has 1 aromatic carbocycles. The molecule has 0 bridgehead atoms. The lowest BCUT2D eigenvalue weighted by Crippen LogP contribution is -2.22. The van der Waals surface area contributed by atoms with Crippen molar-refractivity contribution < 1.29 is 14.4 Å². The second kappa shape index (κ2) is 6.83. The van der Waals surface area contributed by atoms with Crippen molar-refractivity contribution in [1.82, 2.24) is 5.32 Å². The van der Waals surface area contributed by atoms with Crippen LogP contribution in [0.25, 0.3) is 0 Å². The van der Waals surface area contributed by atoms with Gasteiger partial charge in [-0.15, -0.1) is 6.58 Å². The van der Waals surface area contributed by atoms with Crippen LogP contribution in [0.4, 0.5) is 5.69 Å². The predicted octanol–water partition coefficient (Wildman–Crippen LogP) is 1.80. The number of anilines is 1. The number of carbonyl (C=O) groups excluding carboxylic acids is 3. The Morgan fingerprint density at radius 1 is 1.33 bits per heavy atom. The first-order chi connectivity index (χ1) is 10.1. The van der Waals surface area contributed by atoms with Gasteiger partial charge in [-0.2, -0.15) is 0 Å². The van der Waals surface area contributed by atoms with E-state index in [9.17, 15) is 14.4 Å². The highest BCUT2D eigenvalue weighted by Crippen LogP contribution is 2.19. The average molecular weight is 286 g/mol. The molecular weight excluding hydrogens is 268 g/mol. The SMILES string of the molecule is C=CCCC(=O)Nc1ccc(C[C@@H]2CC(=O)NC2=O)cc1. The minimum Gasteiger partial charge on any atom is -0.326 e. The number of benzene rings is 1. The van der Waals surface area contributed by atoms with Gasteiger partial charge in [-0.25, -0.2) is 0 Å². The van der Waals surface area contributed by atoms with Crippen molar-refractivity contribution in [2.75, 3.05) is 5.32 Å². The molecule has 2 rings (SSSR count). The van der Waals surface area contributed by atoms with E-state index in [2.05, 4.69) is 17.2 Å². The highest BCUT2D eigenvalue weighted by Gasteiger charge is 2.30. The molecule has 1 aliphatic rings. The number of hydrogen-bond acceptors (Lipinski definition) is 3. The van der Waals surface area contributed by atoms with Crippen LogP contribution in [0.2, 0.25) is 0 Å². The van der Waals surface area contributed by atoms with E-state index in [1.54, 1.807) is 18.2 Å². The second-order valence-electron chi connectivity index (χ2n) is 5.09. The van der Waals surface area contributed by atoms with Gasteiger partial charge in [0.15, 0.2) is 0 Å². The summed E-state index contributed by atoms with van der Waals surface area (Å²) in [7, 11) is 0. The maximum atomic E-state index is 11.6. The van der Waals surface area contributed by atoms with Crippen LogP contribution in [0.1, 0.15) is 24.8 Å². The van der Waals surface area contributed by atoms with E-state index in [1.807, 2.05) is 12.1 Å². The summed E-state index contributed by atoms with van der Waals surface area (Å²) in [6.07, 6.45) is 3.54. The Morgan fingerprint density at radius 2 is 2.05 bits per heavy atom. The summed E-state index contributed by atoms with van der Waals surface area (Å²) >= 11 is 0. The van der Waals surface area contributed by atoms with Crippen molar-refractivity contribution in [3.8, 4) is 0 Å². The van der Waals surface area contributed by atoms with Gasteiger partial charge in [0.05, 0.1) is 5.92 Å². The third kappa shape index (κ3) is 4.27. The van der Waals surface area contributed by atoms with Crippen LogP contribution < -0.4 is 10.6 Å². The van der Waals surface area contributed by atoms with Crippen LogP contribution in [0, 0.1) is 5.92 Å². The number of rotatable bonds is 6. The molecular formula is C16H18N2O3. The van der Waals surface area contributed by atoms with Crippen molar-refractivity contribution in [3.05, 3.63) is 42.5 Å². The van der Waals surface area contributed by atoms with Crippen LogP contribution in [0.3, 0.4) is 0 Å². The molecule has 0 unspecified atom stereocenters. The smallest absolute Gasteiger partial charge is 0.230 e. The Bertz CT molecular complexity index is 563. The quantitative estimate of drug-likeness (QED) is 0.618. The van der Waals surface area contributed by atoms with Crippen LogP contribution in [0.15, 0.2) is 36.9 Å². The van der Waals surface area contributed by atoms with Crippen LogP contribution >= 0.6 is 0 Å². The summed E-state index contributed by atoms with van der Waals surface area (Å²) in [6.45, 7) is 3.57. The van der Waals surface area contributed by atoms with Crippen molar-refractivity contribution in [2.45, 2.75) is 25.7 Å². The van der Waals surface area contributed by atoms with Crippen LogP contribution in [0.5, 0.6) is 0 Å². The molecule has 1 aromatic rings. The second-order valence-corrected chi connectivity index (χ2v) is 5.09. The topological polar surface area (TPSA) is 75.3 Å². The van der Waals surface area contributed by atoms with Gasteiger partial charge in [0, 0.05) is 18.5 Å². The van der Waals surface area contributed by atoms with Gasteiger partial charge >= 0.3 is 0 Å². The molecule has 1 saturated heterocycles. The molecule has 0 spiro atoms. The van der Waals surface area contributed by atoms with Crippen molar-refractivity contribution in [3.63, 3.8) is 0 Å². The number of carbonyl (C=O) groups is 3. The fourth-order valence-electron chi connectivity index (χ4n) is 2.24. The Hall–Kier alpha value is -2.43. The monoisotopic (exact) mass is 286 g/mol. The standard InChI is InChI=1S/C16H18N2O3/c1-2-3-4-14(19)17-13-7-5-11(6-8-13)9-12-10-15(20)18-16(12)21/h2,5-8,12H,1,3-4,9-10H2,(H,17,19)(H,18,20,21)/t12-/m1/s1. The molecule has 21 heavy (non-hydrogen) atoms. The Morgan fingerprint density at radius 3 is 2.62 bits per heavy atom. The van der Waals surface area contributed by atoms with E-state index in [1.165, 1.54) is 0 Å². The third-order valence-electron chi connectivity index (χ3n) is 3.36. The van der Waals surface area contributed by atoms with Gasteiger partial charge in [0.2, 0.25) is 17.7 Å². The Kier molecular flexibility index (Phi) is 4.87. The first-order valence-electron chi connectivity index (χ1n) is 6.92. The summed E-state index contributed by atoms with van der Waals surface area (Å²) in [4.78, 5) is 34.2. The normalized spacial score (nSPS) is 17.4. The summed E-state index contributed by atoms with van der Waals surface area (Å²) in [5.74, 6) is -0.758. The number of nitrogens with one attached hydrogen (secondary N) is 2. The number of hydrogen-bond donors (Lipinski definition) is 2. The molecule has 0 aliphatic carbocycles. The summed E-state index contributed by atoms with van der Waals surface area (Å²) in [6, 6.07) is 7.32. The van der Waals surface area contributed by atoms with Crippen molar-refractivity contribution in [1.29, 1.82) is 0 Å². The van der Waals surface area contributed by atoms with E-state index in [0.717, 1.165) is 11.3 Å². The zero-order valence-electron chi connectivity index (χ0n) is 11.7. The molecule has 1 fully saturated rings. The highest BCUT2D eigenvalue weighted by molar-refractivity contribution is 6.03. The first-order valence-corrected chi connectivity index (χ1v) is 6.92. The van der Waals surface area contributed by atoms with E-state index in [0.29, 0.717) is 19.3 Å². The summed E-state index contributed by atoms with van der Waals surface area (Å²) in [5, 5.41) is 5.09. The van der Waals surface area contributed by atoms with E-state index in [-0.39, 0.29) is 30.1 Å². The maximum absolute atomic E-state index is 11.6. The van der Waals surface area contributed by atoms with E-state index < -0.39 is 0 Å². The molecule has 0 radical (unpaired) electrons. The fourth-order valence-corrected chi connectivity index (χ4v) is 2.24. The zero-order chi connectivity index (χ0) is 15.2. The predicted molar refractivity (Wildman–Crippen MR) is 79.5 cm³/mol. The maximum Gasteiger partial charge on any atom is 0.230 e. The van der Waals surface area contributed by atoms with E-state index >= 15 is 0 Å². The van der Waals surface area contributed by atoms with Crippen molar-refractivity contribution >= 4 is 23.4 Å². The first kappa shape index (κ1) is 15.0. The number of amides is 3. The lowest BCUT2D eigenvalue weighted by Gasteiger charge is -2.08. The molecule has 0 aromatic heterocycles. The molecule has 110 valence electrons. The van der Waals surface area contributed by atoms with Gasteiger partial charge < -0.3 is 5.32 Å². The van der Waals surface area contributed by atoms with Crippen LogP contribution in [-0.4, -0.2) is 17.7 Å². The Labute approximate surface area is 123 Å². The molecule has 3 amide bonds. The Balaban J connectivity index is 1.90. The largest absolute Gasteiger partial charge is 0.326 e. The number of imide groups is 1. The average Bonchev–Trinajstić information content (AvgIpc) is 2.77. The number of allylic oxidation sites excluding steroid dienone is 1. The molecule has 1 aliphatic heterocycles. The summed E-state index contributed by atoms with van der Waals surface area (Å²) < 4.78 is 0. The van der Waals surface area contributed by atoms with Crippen molar-refractivity contribution in [2.24, 2.45) is 5.92 Å². The molecule has 0 saturated carbocycles. The lowest BCUT2D eigenvalue weighted by molar-refractivity contribution is -0.125. The molecule has 5 nitrogen and oxygen atoms in total. The van der Waals surface area contributed by atoms with E-state index in [4.69, 9.17) is 0 Å². The minimum absolute atomic E-state index is 0.0524. The van der Waals surface area contributed by atoms with Crippen LogP contribution in [-0.2, 0) is 20.8 Å². The fraction of sp³-hybridized carbons (Fsp3) is 0.312. The lowest BCUT2D eigenvalue weighted by atomic mass is 9.98. The third-order valence-corrected chi connectivity index (χ3v) is 3.36.